The molecule has 0 unspecified atom stereocenters. The van der Waals surface area contributed by atoms with Gasteiger partial charge in [-0.2, -0.15) is 0 Å². The smallest absolute Gasteiger partial charge is 0.137 e. The Bertz CT molecular complexity index is 327. The Labute approximate surface area is 74.7 Å². The van der Waals surface area contributed by atoms with Crippen LogP contribution < -0.4 is 10.5 Å². The number of hydrogen-bond acceptors (Lipinski definition) is 3. The average Bonchev–Trinajstić information content (AvgIpc) is 2.35. The summed E-state index contributed by atoms with van der Waals surface area (Å²) in [5.41, 5.74) is 6.56. The van der Waals surface area contributed by atoms with Gasteiger partial charge in [0, 0.05) is 11.6 Å². The van der Waals surface area contributed by atoms with Gasteiger partial charge in [-0.05, 0) is 6.07 Å². The topological polar surface area (TPSA) is 55.5 Å². The number of phenols is 1. The average molecular weight is 186 g/mol. The molecular formula is C8H8ClNO2. The molecule has 3 nitrogen and oxygen atoms in total. The van der Waals surface area contributed by atoms with E-state index in [1.165, 1.54) is 6.07 Å². The van der Waals surface area contributed by atoms with E-state index in [9.17, 15) is 5.11 Å². The number of phenolic OH excluding ortho intramolecular Hbond substituents is 1. The van der Waals surface area contributed by atoms with Gasteiger partial charge in [-0.15, -0.1) is 0 Å². The summed E-state index contributed by atoms with van der Waals surface area (Å²) in [6.07, 6.45) is 0. The quantitative estimate of drug-likeness (QED) is 0.643. The summed E-state index contributed by atoms with van der Waals surface area (Å²) in [6, 6.07) is 3.01. The highest BCUT2D eigenvalue weighted by molar-refractivity contribution is 6.32. The molecule has 0 fully saturated rings. The van der Waals surface area contributed by atoms with Crippen LogP contribution in [0.5, 0.6) is 11.5 Å². The molecule has 3 N–H and O–H groups in total. The lowest BCUT2D eigenvalue weighted by atomic mass is 10.1. The molecule has 64 valence electrons. The normalized spacial score (nSPS) is 20.3. The van der Waals surface area contributed by atoms with Gasteiger partial charge >= 0.3 is 0 Å². The van der Waals surface area contributed by atoms with Gasteiger partial charge in [0.15, 0.2) is 0 Å². The Morgan fingerprint density at radius 3 is 3.08 bits per heavy atom. The number of fused-ring (bicyclic) bond motifs is 1. The van der Waals surface area contributed by atoms with Gasteiger partial charge in [0.25, 0.3) is 0 Å². The second-order valence-corrected chi connectivity index (χ2v) is 3.17. The van der Waals surface area contributed by atoms with Gasteiger partial charge in [0.2, 0.25) is 0 Å². The fourth-order valence-electron chi connectivity index (χ4n) is 1.24. The van der Waals surface area contributed by atoms with Crippen LogP contribution in [0.3, 0.4) is 0 Å². The summed E-state index contributed by atoms with van der Waals surface area (Å²) >= 11 is 5.70. The SMILES string of the molecule is N[C@@H]1COc2cc(O)c(Cl)cc21. The summed E-state index contributed by atoms with van der Waals surface area (Å²) in [7, 11) is 0. The van der Waals surface area contributed by atoms with Crippen LogP contribution in [0.2, 0.25) is 5.02 Å². The molecule has 1 atom stereocenters. The van der Waals surface area contributed by atoms with E-state index in [2.05, 4.69) is 0 Å². The summed E-state index contributed by atoms with van der Waals surface area (Å²) < 4.78 is 5.20. The van der Waals surface area contributed by atoms with Crippen LogP contribution in [0.4, 0.5) is 0 Å². The molecular weight excluding hydrogens is 178 g/mol. The molecule has 0 saturated carbocycles. The monoisotopic (exact) mass is 185 g/mol. The van der Waals surface area contributed by atoms with Crippen molar-refractivity contribution in [3.8, 4) is 11.5 Å². The molecule has 1 heterocycles. The molecule has 4 heteroatoms. The van der Waals surface area contributed by atoms with Crippen LogP contribution in [0.15, 0.2) is 12.1 Å². The summed E-state index contributed by atoms with van der Waals surface area (Å²) in [6.45, 7) is 0.453. The zero-order chi connectivity index (χ0) is 8.72. The molecule has 1 aliphatic rings. The Hall–Kier alpha value is -0.930. The molecule has 12 heavy (non-hydrogen) atoms. The molecule has 0 aromatic heterocycles. The maximum Gasteiger partial charge on any atom is 0.137 e. The fourth-order valence-corrected chi connectivity index (χ4v) is 1.41. The van der Waals surface area contributed by atoms with Crippen LogP contribution in [-0.4, -0.2) is 11.7 Å². The van der Waals surface area contributed by atoms with Crippen LogP contribution in [0.1, 0.15) is 11.6 Å². The van der Waals surface area contributed by atoms with Crippen molar-refractivity contribution in [3.63, 3.8) is 0 Å². The van der Waals surface area contributed by atoms with Gasteiger partial charge in [0.05, 0.1) is 11.1 Å². The highest BCUT2D eigenvalue weighted by Crippen LogP contribution is 2.37. The third-order valence-corrected chi connectivity index (χ3v) is 2.20. The zero-order valence-electron chi connectivity index (χ0n) is 6.25. The van der Waals surface area contributed by atoms with E-state index < -0.39 is 0 Å². The number of hydrogen-bond donors (Lipinski definition) is 2. The van der Waals surface area contributed by atoms with E-state index in [0.717, 1.165) is 5.56 Å². The first-order chi connectivity index (χ1) is 5.68. The first-order valence-corrected chi connectivity index (χ1v) is 3.97. The molecule has 0 aliphatic carbocycles. The fraction of sp³-hybridized carbons (Fsp3) is 0.250. The van der Waals surface area contributed by atoms with Gasteiger partial charge in [-0.1, -0.05) is 11.6 Å². The van der Waals surface area contributed by atoms with Crippen molar-refractivity contribution in [2.75, 3.05) is 6.61 Å². The Morgan fingerprint density at radius 1 is 1.58 bits per heavy atom. The number of benzene rings is 1. The Morgan fingerprint density at radius 2 is 2.33 bits per heavy atom. The number of halogens is 1. The molecule has 0 bridgehead atoms. The largest absolute Gasteiger partial charge is 0.506 e. The second-order valence-electron chi connectivity index (χ2n) is 2.76. The van der Waals surface area contributed by atoms with Crippen molar-refractivity contribution in [2.24, 2.45) is 5.73 Å². The van der Waals surface area contributed by atoms with E-state index in [1.54, 1.807) is 6.07 Å². The molecule has 1 aromatic rings. The van der Waals surface area contributed by atoms with Crippen molar-refractivity contribution >= 4 is 11.6 Å². The minimum Gasteiger partial charge on any atom is -0.506 e. The van der Waals surface area contributed by atoms with Gasteiger partial charge in [-0.3, -0.25) is 0 Å². The molecule has 2 rings (SSSR count). The third-order valence-electron chi connectivity index (χ3n) is 1.90. The molecule has 0 spiro atoms. The van der Waals surface area contributed by atoms with Crippen molar-refractivity contribution in [1.29, 1.82) is 0 Å². The second kappa shape index (κ2) is 2.54. The van der Waals surface area contributed by atoms with E-state index in [-0.39, 0.29) is 11.8 Å². The van der Waals surface area contributed by atoms with E-state index in [4.69, 9.17) is 22.1 Å². The summed E-state index contributed by atoms with van der Waals surface area (Å²) in [5.74, 6) is 0.661. The Balaban J connectivity index is 2.56. The highest BCUT2D eigenvalue weighted by Gasteiger charge is 2.22. The van der Waals surface area contributed by atoms with Gasteiger partial charge in [-0.25, -0.2) is 0 Å². The zero-order valence-corrected chi connectivity index (χ0v) is 7.01. The van der Waals surface area contributed by atoms with Crippen LogP contribution in [-0.2, 0) is 0 Å². The maximum absolute atomic E-state index is 9.22. The number of rotatable bonds is 0. The third kappa shape index (κ3) is 1.02. The van der Waals surface area contributed by atoms with Crippen molar-refractivity contribution < 1.29 is 9.84 Å². The first kappa shape index (κ1) is 7.71. The maximum atomic E-state index is 9.22. The van der Waals surface area contributed by atoms with Crippen molar-refractivity contribution in [3.05, 3.63) is 22.7 Å². The summed E-state index contributed by atoms with van der Waals surface area (Å²) in [4.78, 5) is 0. The molecule has 1 aromatic carbocycles. The molecule has 0 radical (unpaired) electrons. The highest BCUT2D eigenvalue weighted by atomic mass is 35.5. The minimum absolute atomic E-state index is 0.0320. The van der Waals surface area contributed by atoms with Crippen LogP contribution in [0.25, 0.3) is 0 Å². The first-order valence-electron chi connectivity index (χ1n) is 3.59. The number of nitrogens with two attached hydrogens (primary N) is 1. The van der Waals surface area contributed by atoms with Gasteiger partial charge < -0.3 is 15.6 Å². The van der Waals surface area contributed by atoms with E-state index in [0.29, 0.717) is 17.4 Å². The standard InChI is InChI=1S/C8H8ClNO2/c9-5-1-4-6(10)3-12-8(4)2-7(5)11/h1-2,6,11H,3,10H2/t6-/m1/s1. The number of ether oxygens (including phenoxy) is 1. The minimum atomic E-state index is -0.127. The number of aromatic hydroxyl groups is 1. The Kier molecular flexibility index (Phi) is 1.63. The molecule has 0 amide bonds. The molecule has 1 aliphatic heterocycles. The lowest BCUT2D eigenvalue weighted by molar-refractivity contribution is 0.332. The predicted octanol–water partition coefficient (Wildman–Crippen LogP) is 1.44. The van der Waals surface area contributed by atoms with Crippen LogP contribution in [0, 0.1) is 0 Å². The molecule has 0 saturated heterocycles. The van der Waals surface area contributed by atoms with Crippen molar-refractivity contribution in [2.45, 2.75) is 6.04 Å². The lowest BCUT2D eigenvalue weighted by Gasteiger charge is -2.02. The lowest BCUT2D eigenvalue weighted by Crippen LogP contribution is -2.10. The summed E-state index contributed by atoms with van der Waals surface area (Å²) in [5, 5.41) is 9.53. The van der Waals surface area contributed by atoms with E-state index >= 15 is 0 Å². The van der Waals surface area contributed by atoms with E-state index in [1.807, 2.05) is 0 Å². The van der Waals surface area contributed by atoms with Gasteiger partial charge in [0.1, 0.15) is 18.1 Å². The van der Waals surface area contributed by atoms with Crippen molar-refractivity contribution in [1.82, 2.24) is 0 Å². The predicted molar refractivity (Wildman–Crippen MR) is 45.5 cm³/mol. The van der Waals surface area contributed by atoms with Crippen LogP contribution >= 0.6 is 11.6 Å².